The normalized spacial score (nSPS) is 12.7. The predicted molar refractivity (Wildman–Crippen MR) is 79.5 cm³/mol. The van der Waals surface area contributed by atoms with Crippen LogP contribution in [0.2, 0.25) is 0 Å². The summed E-state index contributed by atoms with van der Waals surface area (Å²) in [5.74, 6) is -0.389. The SMILES string of the molecule is COC(=O)[C@@H](N)Cc1c[nH]c2cc3ccccc3cc12. The molecule has 0 amide bonds. The van der Waals surface area contributed by atoms with Crippen LogP contribution in [0.3, 0.4) is 0 Å². The second-order valence-electron chi connectivity index (χ2n) is 4.89. The molecule has 20 heavy (non-hydrogen) atoms. The number of carbonyl (C=O) groups is 1. The van der Waals surface area contributed by atoms with Gasteiger partial charge in [0.1, 0.15) is 6.04 Å². The number of methoxy groups -OCH3 is 1. The van der Waals surface area contributed by atoms with E-state index in [0.717, 1.165) is 16.5 Å². The molecule has 0 aliphatic heterocycles. The van der Waals surface area contributed by atoms with Crippen LogP contribution in [-0.2, 0) is 16.0 Å². The Morgan fingerprint density at radius 1 is 1.30 bits per heavy atom. The van der Waals surface area contributed by atoms with Crippen LogP contribution >= 0.6 is 0 Å². The number of hydrogen-bond acceptors (Lipinski definition) is 3. The molecule has 0 fully saturated rings. The van der Waals surface area contributed by atoms with Gasteiger partial charge in [0.25, 0.3) is 0 Å². The van der Waals surface area contributed by atoms with Gasteiger partial charge in [-0.3, -0.25) is 4.79 Å². The molecule has 0 saturated carbocycles. The highest BCUT2D eigenvalue weighted by molar-refractivity contribution is 5.98. The van der Waals surface area contributed by atoms with Crippen LogP contribution in [0.1, 0.15) is 5.56 Å². The molecule has 3 N–H and O–H groups in total. The molecule has 0 aliphatic rings. The standard InChI is InChI=1S/C16H16N2O2/c1-20-16(19)14(17)7-12-9-18-15-8-11-5-3-2-4-10(11)6-13(12)15/h2-6,8-9,14,18H,7,17H2,1H3/t14-/m0/s1. The molecule has 3 rings (SSSR count). The molecule has 4 nitrogen and oxygen atoms in total. The molecule has 0 saturated heterocycles. The minimum absolute atomic E-state index is 0.389. The van der Waals surface area contributed by atoms with Crippen molar-refractivity contribution >= 4 is 27.6 Å². The summed E-state index contributed by atoms with van der Waals surface area (Å²) in [6.07, 6.45) is 2.37. The van der Waals surface area contributed by atoms with Gasteiger partial charge in [0.15, 0.2) is 0 Å². The summed E-state index contributed by atoms with van der Waals surface area (Å²) >= 11 is 0. The van der Waals surface area contributed by atoms with Crippen molar-refractivity contribution in [2.24, 2.45) is 5.73 Å². The first kappa shape index (κ1) is 12.7. The van der Waals surface area contributed by atoms with Crippen LogP contribution in [0.4, 0.5) is 0 Å². The third kappa shape index (κ3) is 2.14. The number of ether oxygens (including phenoxy) is 1. The lowest BCUT2D eigenvalue weighted by molar-refractivity contribution is -0.142. The Morgan fingerprint density at radius 3 is 2.70 bits per heavy atom. The van der Waals surface area contributed by atoms with Gasteiger partial charge in [-0.05, 0) is 28.5 Å². The van der Waals surface area contributed by atoms with E-state index in [2.05, 4.69) is 34.0 Å². The Kier molecular flexibility index (Phi) is 3.16. The van der Waals surface area contributed by atoms with Crippen molar-refractivity contribution < 1.29 is 9.53 Å². The van der Waals surface area contributed by atoms with Crippen LogP contribution in [-0.4, -0.2) is 24.1 Å². The van der Waals surface area contributed by atoms with Crippen molar-refractivity contribution in [3.05, 3.63) is 48.2 Å². The van der Waals surface area contributed by atoms with Gasteiger partial charge in [0.05, 0.1) is 7.11 Å². The molecule has 3 aromatic rings. The molecular formula is C16H16N2O2. The first-order valence-electron chi connectivity index (χ1n) is 6.51. The summed E-state index contributed by atoms with van der Waals surface area (Å²) in [6, 6.07) is 11.8. The van der Waals surface area contributed by atoms with E-state index in [-0.39, 0.29) is 5.97 Å². The fraction of sp³-hybridized carbons (Fsp3) is 0.188. The first-order valence-corrected chi connectivity index (χ1v) is 6.51. The molecule has 2 aromatic carbocycles. The molecule has 0 radical (unpaired) electrons. The van der Waals surface area contributed by atoms with Gasteiger partial charge in [-0.1, -0.05) is 24.3 Å². The number of H-pyrrole nitrogens is 1. The van der Waals surface area contributed by atoms with Crippen molar-refractivity contribution in [2.45, 2.75) is 12.5 Å². The fourth-order valence-corrected chi connectivity index (χ4v) is 2.51. The molecule has 4 heteroatoms. The van der Waals surface area contributed by atoms with Gasteiger partial charge in [-0.15, -0.1) is 0 Å². The second kappa shape index (κ2) is 4.98. The van der Waals surface area contributed by atoms with E-state index < -0.39 is 6.04 Å². The predicted octanol–water partition coefficient (Wildman–Crippen LogP) is 2.36. The summed E-state index contributed by atoms with van der Waals surface area (Å²) in [5.41, 5.74) is 7.92. The number of aromatic nitrogens is 1. The topological polar surface area (TPSA) is 68.1 Å². The molecule has 0 bridgehead atoms. The zero-order chi connectivity index (χ0) is 14.1. The molecule has 1 aromatic heterocycles. The maximum absolute atomic E-state index is 11.4. The maximum Gasteiger partial charge on any atom is 0.322 e. The van der Waals surface area contributed by atoms with Crippen LogP contribution in [0.15, 0.2) is 42.6 Å². The maximum atomic E-state index is 11.4. The fourth-order valence-electron chi connectivity index (χ4n) is 2.51. The number of carbonyl (C=O) groups excluding carboxylic acids is 1. The second-order valence-corrected chi connectivity index (χ2v) is 4.89. The number of fused-ring (bicyclic) bond motifs is 2. The summed E-state index contributed by atoms with van der Waals surface area (Å²) in [5, 5.41) is 3.46. The van der Waals surface area contributed by atoms with E-state index in [1.807, 2.05) is 18.3 Å². The zero-order valence-electron chi connectivity index (χ0n) is 11.2. The van der Waals surface area contributed by atoms with Gasteiger partial charge < -0.3 is 15.5 Å². The lowest BCUT2D eigenvalue weighted by Crippen LogP contribution is -2.33. The number of aromatic amines is 1. The number of nitrogens with one attached hydrogen (secondary N) is 1. The molecule has 1 atom stereocenters. The van der Waals surface area contributed by atoms with Crippen LogP contribution in [0.5, 0.6) is 0 Å². The van der Waals surface area contributed by atoms with Gasteiger partial charge in [0.2, 0.25) is 0 Å². The van der Waals surface area contributed by atoms with Crippen molar-refractivity contribution in [1.29, 1.82) is 0 Å². The Balaban J connectivity index is 2.04. The summed E-state index contributed by atoms with van der Waals surface area (Å²) < 4.78 is 4.67. The van der Waals surface area contributed by atoms with E-state index in [1.54, 1.807) is 0 Å². The van der Waals surface area contributed by atoms with Gasteiger partial charge in [0, 0.05) is 23.5 Å². The highest BCUT2D eigenvalue weighted by Crippen LogP contribution is 2.25. The molecule has 0 unspecified atom stereocenters. The monoisotopic (exact) mass is 268 g/mol. The average Bonchev–Trinajstić information content (AvgIpc) is 2.86. The van der Waals surface area contributed by atoms with E-state index >= 15 is 0 Å². The zero-order valence-corrected chi connectivity index (χ0v) is 11.2. The summed E-state index contributed by atoms with van der Waals surface area (Å²) in [7, 11) is 1.35. The van der Waals surface area contributed by atoms with Gasteiger partial charge in [-0.2, -0.15) is 0 Å². The van der Waals surface area contributed by atoms with Crippen molar-refractivity contribution in [3.8, 4) is 0 Å². The Labute approximate surface area is 116 Å². The summed E-state index contributed by atoms with van der Waals surface area (Å²) in [6.45, 7) is 0. The number of nitrogens with two attached hydrogens (primary N) is 1. The highest BCUT2D eigenvalue weighted by Gasteiger charge is 2.16. The van der Waals surface area contributed by atoms with E-state index in [0.29, 0.717) is 6.42 Å². The van der Waals surface area contributed by atoms with E-state index in [9.17, 15) is 4.79 Å². The lowest BCUT2D eigenvalue weighted by Gasteiger charge is -2.08. The Morgan fingerprint density at radius 2 is 2.00 bits per heavy atom. The number of esters is 1. The van der Waals surface area contributed by atoms with E-state index in [4.69, 9.17) is 5.73 Å². The van der Waals surface area contributed by atoms with Crippen LogP contribution < -0.4 is 5.73 Å². The third-order valence-corrected chi connectivity index (χ3v) is 3.58. The largest absolute Gasteiger partial charge is 0.468 e. The van der Waals surface area contributed by atoms with Crippen molar-refractivity contribution in [1.82, 2.24) is 4.98 Å². The molecule has 102 valence electrons. The van der Waals surface area contributed by atoms with Crippen molar-refractivity contribution in [3.63, 3.8) is 0 Å². The lowest BCUT2D eigenvalue weighted by atomic mass is 10.0. The summed E-state index contributed by atoms with van der Waals surface area (Å²) in [4.78, 5) is 14.7. The Bertz CT molecular complexity index is 776. The Hall–Kier alpha value is -2.33. The molecular weight excluding hydrogens is 252 g/mol. The first-order chi connectivity index (χ1) is 9.69. The third-order valence-electron chi connectivity index (χ3n) is 3.58. The number of benzene rings is 2. The van der Waals surface area contributed by atoms with Crippen molar-refractivity contribution in [2.75, 3.05) is 7.11 Å². The van der Waals surface area contributed by atoms with Gasteiger partial charge in [-0.25, -0.2) is 0 Å². The molecule has 1 heterocycles. The minimum atomic E-state index is -0.634. The van der Waals surface area contributed by atoms with Crippen LogP contribution in [0, 0.1) is 0 Å². The van der Waals surface area contributed by atoms with Gasteiger partial charge >= 0.3 is 5.97 Å². The molecule has 0 spiro atoms. The number of rotatable bonds is 3. The smallest absolute Gasteiger partial charge is 0.322 e. The quantitative estimate of drug-likeness (QED) is 0.716. The van der Waals surface area contributed by atoms with Crippen LogP contribution in [0.25, 0.3) is 21.7 Å². The molecule has 0 aliphatic carbocycles. The highest BCUT2D eigenvalue weighted by atomic mass is 16.5. The average molecular weight is 268 g/mol. The van der Waals surface area contributed by atoms with E-state index in [1.165, 1.54) is 17.9 Å². The minimum Gasteiger partial charge on any atom is -0.468 e. The number of hydrogen-bond donors (Lipinski definition) is 2.